The predicted molar refractivity (Wildman–Crippen MR) is 95.0 cm³/mol. The van der Waals surface area contributed by atoms with Gasteiger partial charge in [-0.05, 0) is 5.92 Å². The summed E-state index contributed by atoms with van der Waals surface area (Å²) in [5, 5.41) is 15.4. The minimum absolute atomic E-state index is 0.0696. The van der Waals surface area contributed by atoms with Gasteiger partial charge in [0.15, 0.2) is 0 Å². The van der Waals surface area contributed by atoms with E-state index in [0.29, 0.717) is 0 Å². The van der Waals surface area contributed by atoms with Gasteiger partial charge in [0.2, 0.25) is 23.6 Å². The lowest BCUT2D eigenvalue weighted by Gasteiger charge is -2.25. The van der Waals surface area contributed by atoms with Gasteiger partial charge in [0.25, 0.3) is 0 Å². The van der Waals surface area contributed by atoms with Crippen LogP contribution in [0.5, 0.6) is 0 Å². The van der Waals surface area contributed by atoms with E-state index in [4.69, 9.17) is 16.6 Å². The number of amides is 4. The standard InChI is InChI=1S/C14H25N5O6S/c1-6(2)11(19-12(23)7(15)5-26)14(25)18-8(3-9(16)20)13(24)17-4-10(21)22/h6-8,11,26H,3-5,15H2,1-2H3,(H2,16,20)(H,17,24)(H,18,25)(H,19,23)(H,21,22). The van der Waals surface area contributed by atoms with Crippen LogP contribution in [-0.4, -0.2) is 65.1 Å². The number of nitrogens with one attached hydrogen (secondary N) is 3. The highest BCUT2D eigenvalue weighted by atomic mass is 32.1. The molecule has 0 aromatic carbocycles. The molecule has 0 aromatic rings. The molecule has 12 heteroatoms. The average molecular weight is 391 g/mol. The number of carboxylic acid groups (broad SMARTS) is 1. The molecule has 0 saturated carbocycles. The van der Waals surface area contributed by atoms with Crippen LogP contribution in [0.2, 0.25) is 0 Å². The SMILES string of the molecule is CC(C)C(NC(=O)C(N)CS)C(=O)NC(CC(N)=O)C(=O)NCC(=O)O. The van der Waals surface area contributed by atoms with Crippen molar-refractivity contribution in [3.8, 4) is 0 Å². The maximum Gasteiger partial charge on any atom is 0.322 e. The molecule has 0 bridgehead atoms. The van der Waals surface area contributed by atoms with E-state index in [0.717, 1.165) is 0 Å². The summed E-state index contributed by atoms with van der Waals surface area (Å²) in [5.41, 5.74) is 10.6. The lowest BCUT2D eigenvalue weighted by Crippen LogP contribution is -2.58. The molecule has 0 aromatic heterocycles. The Labute approximate surface area is 156 Å². The van der Waals surface area contributed by atoms with Crippen LogP contribution in [0.3, 0.4) is 0 Å². The van der Waals surface area contributed by atoms with Crippen molar-refractivity contribution in [1.29, 1.82) is 0 Å². The number of hydrogen-bond donors (Lipinski definition) is 7. The van der Waals surface area contributed by atoms with Gasteiger partial charge in [-0.2, -0.15) is 12.6 Å². The Kier molecular flexibility index (Phi) is 10.3. The lowest BCUT2D eigenvalue weighted by atomic mass is 10.0. The molecule has 0 saturated heterocycles. The Morgan fingerprint density at radius 1 is 1.04 bits per heavy atom. The average Bonchev–Trinajstić information content (AvgIpc) is 2.54. The van der Waals surface area contributed by atoms with Crippen molar-refractivity contribution < 1.29 is 29.1 Å². The topological polar surface area (TPSA) is 194 Å². The van der Waals surface area contributed by atoms with Gasteiger partial charge >= 0.3 is 5.97 Å². The van der Waals surface area contributed by atoms with Gasteiger partial charge in [-0.3, -0.25) is 24.0 Å². The number of aliphatic carboxylic acids is 1. The van der Waals surface area contributed by atoms with Crippen molar-refractivity contribution in [3.63, 3.8) is 0 Å². The van der Waals surface area contributed by atoms with E-state index in [9.17, 15) is 24.0 Å². The summed E-state index contributed by atoms with van der Waals surface area (Å²) in [7, 11) is 0. The van der Waals surface area contributed by atoms with Gasteiger partial charge < -0.3 is 32.5 Å². The highest BCUT2D eigenvalue weighted by Crippen LogP contribution is 2.04. The Balaban J connectivity index is 5.15. The minimum atomic E-state index is -1.38. The zero-order valence-electron chi connectivity index (χ0n) is 14.5. The predicted octanol–water partition coefficient (Wildman–Crippen LogP) is -3.05. The first-order valence-corrected chi connectivity index (χ1v) is 8.37. The molecular formula is C14H25N5O6S. The van der Waals surface area contributed by atoms with Gasteiger partial charge in [0.05, 0.1) is 12.5 Å². The Morgan fingerprint density at radius 2 is 1.62 bits per heavy atom. The molecule has 3 unspecified atom stereocenters. The summed E-state index contributed by atoms with van der Waals surface area (Å²) in [4.78, 5) is 57.9. The molecule has 0 aliphatic rings. The van der Waals surface area contributed by atoms with Crippen molar-refractivity contribution >= 4 is 42.2 Å². The second-order valence-corrected chi connectivity index (χ2v) is 6.23. The van der Waals surface area contributed by atoms with Crippen LogP contribution in [-0.2, 0) is 24.0 Å². The zero-order chi connectivity index (χ0) is 20.4. The molecule has 8 N–H and O–H groups in total. The molecule has 0 radical (unpaired) electrons. The first-order chi connectivity index (χ1) is 12.0. The molecule has 0 heterocycles. The third-order valence-electron chi connectivity index (χ3n) is 3.23. The fourth-order valence-corrected chi connectivity index (χ4v) is 2.00. The van der Waals surface area contributed by atoms with Gasteiger partial charge in [-0.1, -0.05) is 13.8 Å². The van der Waals surface area contributed by atoms with Crippen LogP contribution < -0.4 is 27.4 Å². The van der Waals surface area contributed by atoms with E-state index in [-0.39, 0.29) is 11.7 Å². The summed E-state index contributed by atoms with van der Waals surface area (Å²) in [6.07, 6.45) is -0.536. The summed E-state index contributed by atoms with van der Waals surface area (Å²) < 4.78 is 0. The number of nitrogens with two attached hydrogens (primary N) is 2. The van der Waals surface area contributed by atoms with E-state index >= 15 is 0 Å². The van der Waals surface area contributed by atoms with Crippen LogP contribution in [0.4, 0.5) is 0 Å². The Bertz CT molecular complexity index is 556. The smallest absolute Gasteiger partial charge is 0.322 e. The summed E-state index contributed by atoms with van der Waals surface area (Å²) >= 11 is 3.90. The van der Waals surface area contributed by atoms with Crippen molar-refractivity contribution in [2.45, 2.75) is 38.4 Å². The number of hydrogen-bond acceptors (Lipinski definition) is 7. The highest BCUT2D eigenvalue weighted by Gasteiger charge is 2.30. The van der Waals surface area contributed by atoms with Crippen molar-refractivity contribution in [2.24, 2.45) is 17.4 Å². The van der Waals surface area contributed by atoms with Crippen molar-refractivity contribution in [1.82, 2.24) is 16.0 Å². The van der Waals surface area contributed by atoms with Crippen LogP contribution >= 0.6 is 12.6 Å². The molecule has 0 spiro atoms. The summed E-state index contributed by atoms with van der Waals surface area (Å²) in [6, 6.07) is -3.33. The first kappa shape index (κ1) is 23.7. The van der Waals surface area contributed by atoms with E-state index < -0.39 is 60.7 Å². The molecule has 11 nitrogen and oxygen atoms in total. The fraction of sp³-hybridized carbons (Fsp3) is 0.643. The Hall–Kier alpha value is -2.34. The van der Waals surface area contributed by atoms with Crippen molar-refractivity contribution in [2.75, 3.05) is 12.3 Å². The summed E-state index contributed by atoms with van der Waals surface area (Å²) in [5.74, 6) is -4.69. The molecule has 0 rings (SSSR count). The highest BCUT2D eigenvalue weighted by molar-refractivity contribution is 7.80. The molecule has 4 amide bonds. The number of thiol groups is 1. The molecule has 0 aliphatic carbocycles. The van der Waals surface area contributed by atoms with E-state index in [1.807, 2.05) is 0 Å². The number of carbonyl (C=O) groups excluding carboxylic acids is 4. The Morgan fingerprint density at radius 3 is 2.04 bits per heavy atom. The van der Waals surface area contributed by atoms with E-state index in [1.54, 1.807) is 13.8 Å². The lowest BCUT2D eigenvalue weighted by molar-refractivity contribution is -0.139. The van der Waals surface area contributed by atoms with Crippen LogP contribution in [0, 0.1) is 5.92 Å². The quantitative estimate of drug-likeness (QED) is 0.182. The number of carboxylic acids is 1. The monoisotopic (exact) mass is 391 g/mol. The van der Waals surface area contributed by atoms with Gasteiger partial charge in [-0.15, -0.1) is 0 Å². The van der Waals surface area contributed by atoms with Gasteiger partial charge in [0, 0.05) is 5.75 Å². The molecule has 0 fully saturated rings. The molecule has 148 valence electrons. The van der Waals surface area contributed by atoms with Gasteiger partial charge in [-0.25, -0.2) is 0 Å². The first-order valence-electron chi connectivity index (χ1n) is 7.74. The van der Waals surface area contributed by atoms with E-state index in [1.165, 1.54) is 0 Å². The van der Waals surface area contributed by atoms with Crippen LogP contribution in [0.25, 0.3) is 0 Å². The van der Waals surface area contributed by atoms with E-state index in [2.05, 4.69) is 28.6 Å². The second-order valence-electron chi connectivity index (χ2n) is 5.86. The largest absolute Gasteiger partial charge is 0.480 e. The number of rotatable bonds is 11. The van der Waals surface area contributed by atoms with Crippen molar-refractivity contribution in [3.05, 3.63) is 0 Å². The number of primary amides is 1. The van der Waals surface area contributed by atoms with Gasteiger partial charge in [0.1, 0.15) is 18.6 Å². The maximum atomic E-state index is 12.4. The maximum absolute atomic E-state index is 12.4. The molecule has 0 aliphatic heterocycles. The summed E-state index contributed by atoms with van der Waals surface area (Å²) in [6.45, 7) is 2.62. The second kappa shape index (κ2) is 11.3. The zero-order valence-corrected chi connectivity index (χ0v) is 15.4. The van der Waals surface area contributed by atoms with Crippen LogP contribution in [0.1, 0.15) is 20.3 Å². The molecular weight excluding hydrogens is 366 g/mol. The molecule has 26 heavy (non-hydrogen) atoms. The fourth-order valence-electron chi connectivity index (χ4n) is 1.84. The third kappa shape index (κ3) is 8.67. The normalized spacial score (nSPS) is 14.0. The molecule has 3 atom stereocenters. The van der Waals surface area contributed by atoms with Crippen LogP contribution in [0.15, 0.2) is 0 Å². The minimum Gasteiger partial charge on any atom is -0.480 e. The number of carbonyl (C=O) groups is 5. The third-order valence-corrected chi connectivity index (χ3v) is 3.63.